The number of carbonyl (C=O) groups is 1. The van der Waals surface area contributed by atoms with Crippen molar-refractivity contribution in [2.24, 2.45) is 0 Å². The largest absolute Gasteiger partial charge is 0.325 e. The molecule has 1 aliphatic rings. The van der Waals surface area contributed by atoms with Crippen molar-refractivity contribution in [1.82, 2.24) is 24.5 Å². The fourth-order valence-corrected chi connectivity index (χ4v) is 6.20. The summed E-state index contributed by atoms with van der Waals surface area (Å²) in [5.74, 6) is -0.196. The second-order valence-corrected chi connectivity index (χ2v) is 10.8. The van der Waals surface area contributed by atoms with Gasteiger partial charge in [0.2, 0.25) is 21.1 Å². The lowest BCUT2D eigenvalue weighted by Gasteiger charge is -2.26. The van der Waals surface area contributed by atoms with Crippen LogP contribution in [0.25, 0.3) is 5.69 Å². The number of aryl methyl sites for hydroxylation is 2. The van der Waals surface area contributed by atoms with Gasteiger partial charge >= 0.3 is 0 Å². The summed E-state index contributed by atoms with van der Waals surface area (Å²) in [4.78, 5) is 12.8. The van der Waals surface area contributed by atoms with E-state index in [2.05, 4.69) is 20.8 Å². The highest BCUT2D eigenvalue weighted by Gasteiger charge is 2.27. The summed E-state index contributed by atoms with van der Waals surface area (Å²) in [7, 11) is -3.59. The SMILES string of the molecule is Cc1ccccc1-n1nnnc1SCC(=O)Nc1ccc(C)c(S(=O)(=O)N2CCCCC2)c1. The fourth-order valence-electron chi connectivity index (χ4n) is 3.75. The van der Waals surface area contributed by atoms with Crippen LogP contribution in [0, 0.1) is 13.8 Å². The minimum atomic E-state index is -3.59. The van der Waals surface area contributed by atoms with Crippen LogP contribution in [0.15, 0.2) is 52.5 Å². The zero-order valence-corrected chi connectivity index (χ0v) is 20.2. The standard InChI is InChI=1S/C22H26N6O3S2/c1-16-8-4-5-9-19(16)28-22(24-25-26-28)32-15-21(29)23-18-11-10-17(2)20(14-18)33(30,31)27-12-6-3-7-13-27/h4-5,8-11,14H,3,6-7,12-13,15H2,1-2H3,(H,23,29). The molecule has 1 aromatic heterocycles. The van der Waals surface area contributed by atoms with Gasteiger partial charge in [0.25, 0.3) is 0 Å². The van der Waals surface area contributed by atoms with Crippen molar-refractivity contribution in [3.63, 3.8) is 0 Å². The van der Waals surface area contributed by atoms with Crippen molar-refractivity contribution in [2.45, 2.75) is 43.2 Å². The van der Waals surface area contributed by atoms with Crippen LogP contribution in [-0.2, 0) is 14.8 Å². The minimum absolute atomic E-state index is 0.0777. The predicted molar refractivity (Wildman–Crippen MR) is 127 cm³/mol. The molecule has 1 fully saturated rings. The van der Waals surface area contributed by atoms with Crippen molar-refractivity contribution in [3.05, 3.63) is 53.6 Å². The second kappa shape index (κ2) is 10.0. The van der Waals surface area contributed by atoms with Crippen molar-refractivity contribution in [1.29, 1.82) is 0 Å². The van der Waals surface area contributed by atoms with Gasteiger partial charge in [-0.25, -0.2) is 8.42 Å². The number of anilines is 1. The normalized spacial score (nSPS) is 14.8. The first-order chi connectivity index (χ1) is 15.9. The van der Waals surface area contributed by atoms with Crippen molar-refractivity contribution in [2.75, 3.05) is 24.2 Å². The van der Waals surface area contributed by atoms with E-state index in [0.717, 1.165) is 30.5 Å². The number of tetrazole rings is 1. The number of sulfonamides is 1. The number of piperidine rings is 1. The maximum Gasteiger partial charge on any atom is 0.243 e. The van der Waals surface area contributed by atoms with Crippen LogP contribution in [0.1, 0.15) is 30.4 Å². The molecule has 0 atom stereocenters. The molecule has 0 saturated carbocycles. The van der Waals surface area contributed by atoms with Crippen molar-refractivity contribution >= 4 is 33.4 Å². The molecule has 4 rings (SSSR count). The average Bonchev–Trinajstić information content (AvgIpc) is 3.28. The number of nitrogens with zero attached hydrogens (tertiary/aromatic N) is 5. The van der Waals surface area contributed by atoms with E-state index in [4.69, 9.17) is 0 Å². The molecule has 11 heteroatoms. The highest BCUT2D eigenvalue weighted by Crippen LogP contribution is 2.26. The van der Waals surface area contributed by atoms with E-state index in [0.29, 0.717) is 29.5 Å². The molecule has 0 radical (unpaired) electrons. The quantitative estimate of drug-likeness (QED) is 0.511. The lowest BCUT2D eigenvalue weighted by molar-refractivity contribution is -0.113. The smallest absolute Gasteiger partial charge is 0.243 e. The summed E-state index contributed by atoms with van der Waals surface area (Å²) >= 11 is 1.21. The van der Waals surface area contributed by atoms with E-state index in [-0.39, 0.29) is 16.6 Å². The van der Waals surface area contributed by atoms with E-state index in [9.17, 15) is 13.2 Å². The number of aromatic nitrogens is 4. The Morgan fingerprint density at radius 3 is 2.58 bits per heavy atom. The zero-order chi connectivity index (χ0) is 23.4. The number of thioether (sulfide) groups is 1. The van der Waals surface area contributed by atoms with Crippen molar-refractivity contribution < 1.29 is 13.2 Å². The van der Waals surface area contributed by atoms with Gasteiger partial charge in [-0.15, -0.1) is 5.10 Å². The van der Waals surface area contributed by atoms with Gasteiger partial charge in [-0.1, -0.05) is 42.4 Å². The van der Waals surface area contributed by atoms with Crippen LogP contribution in [-0.4, -0.2) is 57.7 Å². The monoisotopic (exact) mass is 486 g/mol. The number of hydrogen-bond donors (Lipinski definition) is 1. The van der Waals surface area contributed by atoms with Crippen molar-refractivity contribution in [3.8, 4) is 5.69 Å². The maximum atomic E-state index is 13.1. The molecule has 0 aliphatic carbocycles. The third-order valence-electron chi connectivity index (χ3n) is 5.52. The molecular weight excluding hydrogens is 460 g/mol. The van der Waals surface area contributed by atoms with Gasteiger partial charge in [0, 0.05) is 18.8 Å². The van der Waals surface area contributed by atoms with Crippen LogP contribution in [0.5, 0.6) is 0 Å². The van der Waals surface area contributed by atoms with E-state index in [1.165, 1.54) is 16.1 Å². The zero-order valence-electron chi connectivity index (χ0n) is 18.6. The molecule has 33 heavy (non-hydrogen) atoms. The molecule has 0 bridgehead atoms. The Morgan fingerprint density at radius 1 is 1.06 bits per heavy atom. The molecule has 2 aromatic carbocycles. The summed E-state index contributed by atoms with van der Waals surface area (Å²) in [6.07, 6.45) is 2.79. The van der Waals surface area contributed by atoms with Crippen LogP contribution in [0.3, 0.4) is 0 Å². The number of rotatable bonds is 7. The highest BCUT2D eigenvalue weighted by atomic mass is 32.2. The first kappa shape index (κ1) is 23.4. The van der Waals surface area contributed by atoms with Gasteiger partial charge < -0.3 is 5.32 Å². The molecule has 174 valence electrons. The van der Waals surface area contributed by atoms with E-state index in [1.807, 2.05) is 31.2 Å². The summed E-state index contributed by atoms with van der Waals surface area (Å²) < 4.78 is 29.4. The van der Waals surface area contributed by atoms with Crippen LogP contribution < -0.4 is 5.32 Å². The maximum absolute atomic E-state index is 13.1. The Kier molecular flexibility index (Phi) is 7.11. The molecular formula is C22H26N6O3S2. The number of nitrogens with one attached hydrogen (secondary N) is 1. The van der Waals surface area contributed by atoms with Gasteiger partial charge in [-0.2, -0.15) is 8.99 Å². The summed E-state index contributed by atoms with van der Waals surface area (Å²) in [6.45, 7) is 4.80. The molecule has 1 N–H and O–H groups in total. The lowest BCUT2D eigenvalue weighted by Crippen LogP contribution is -2.36. The van der Waals surface area contributed by atoms with E-state index >= 15 is 0 Å². The molecule has 9 nitrogen and oxygen atoms in total. The van der Waals surface area contributed by atoms with E-state index in [1.54, 1.807) is 29.8 Å². The molecule has 2 heterocycles. The predicted octanol–water partition coefficient (Wildman–Crippen LogP) is 3.18. The number of amides is 1. The Balaban J connectivity index is 1.45. The fraction of sp³-hybridized carbons (Fsp3) is 0.364. The van der Waals surface area contributed by atoms with Crippen LogP contribution in [0.2, 0.25) is 0 Å². The van der Waals surface area contributed by atoms with Gasteiger partial charge in [-0.3, -0.25) is 4.79 Å². The third-order valence-corrected chi connectivity index (χ3v) is 8.48. The number of para-hydroxylation sites is 1. The third kappa shape index (κ3) is 5.26. The summed E-state index contributed by atoms with van der Waals surface area (Å²) in [5.41, 5.74) is 2.96. The molecule has 3 aromatic rings. The summed E-state index contributed by atoms with van der Waals surface area (Å²) in [6, 6.07) is 12.7. The van der Waals surface area contributed by atoms with Crippen LogP contribution in [0.4, 0.5) is 5.69 Å². The second-order valence-electron chi connectivity index (χ2n) is 7.94. The Hall–Kier alpha value is -2.76. The molecule has 1 amide bonds. The van der Waals surface area contributed by atoms with Crippen LogP contribution >= 0.6 is 11.8 Å². The summed E-state index contributed by atoms with van der Waals surface area (Å²) in [5, 5.41) is 15.1. The Bertz CT molecular complexity index is 1250. The molecule has 0 spiro atoms. The van der Waals surface area contributed by atoms with Gasteiger partial charge in [0.1, 0.15) is 0 Å². The first-order valence-electron chi connectivity index (χ1n) is 10.7. The molecule has 1 aliphatic heterocycles. The Labute approximate surface area is 197 Å². The molecule has 1 saturated heterocycles. The van der Waals surface area contributed by atoms with E-state index < -0.39 is 10.0 Å². The topological polar surface area (TPSA) is 110 Å². The Morgan fingerprint density at radius 2 is 1.82 bits per heavy atom. The molecule has 0 unspecified atom stereocenters. The highest BCUT2D eigenvalue weighted by molar-refractivity contribution is 7.99. The lowest BCUT2D eigenvalue weighted by atomic mass is 10.2. The van der Waals surface area contributed by atoms with Gasteiger partial charge in [-0.05, 0) is 66.4 Å². The first-order valence-corrected chi connectivity index (χ1v) is 13.2. The number of benzene rings is 2. The number of carbonyl (C=O) groups excluding carboxylic acids is 1. The number of hydrogen-bond acceptors (Lipinski definition) is 7. The average molecular weight is 487 g/mol. The minimum Gasteiger partial charge on any atom is -0.325 e. The van der Waals surface area contributed by atoms with Gasteiger partial charge in [0.05, 0.1) is 16.3 Å². The van der Waals surface area contributed by atoms with Gasteiger partial charge in [0.15, 0.2) is 0 Å².